The molecule has 3 N–H and O–H groups in total. The SMILES string of the molecule is COc1cc(C(=O)NC(=S)NNC(=O)COc2ccc(C(C)(C)C)cc2Br)cc(OC)c1OC. The van der Waals surface area contributed by atoms with E-state index in [1.165, 1.54) is 33.5 Å². The van der Waals surface area contributed by atoms with Crippen LogP contribution < -0.4 is 35.1 Å². The molecule has 0 aromatic heterocycles. The van der Waals surface area contributed by atoms with Crippen molar-refractivity contribution in [1.29, 1.82) is 0 Å². The van der Waals surface area contributed by atoms with Gasteiger partial charge in [-0.2, -0.15) is 0 Å². The van der Waals surface area contributed by atoms with E-state index in [4.69, 9.17) is 31.2 Å². The molecule has 0 unspecified atom stereocenters. The lowest BCUT2D eigenvalue weighted by molar-refractivity contribution is -0.123. The number of methoxy groups -OCH3 is 3. The van der Waals surface area contributed by atoms with Gasteiger partial charge in [-0.3, -0.25) is 25.8 Å². The Hall–Kier alpha value is -3.05. The number of thiocarbonyl (C=S) groups is 1. The molecule has 2 rings (SSSR count). The Bertz CT molecular complexity index is 1050. The van der Waals surface area contributed by atoms with E-state index in [2.05, 4.69) is 52.9 Å². The quantitative estimate of drug-likeness (QED) is 0.353. The van der Waals surface area contributed by atoms with Crippen LogP contribution in [-0.2, 0) is 10.2 Å². The van der Waals surface area contributed by atoms with Gasteiger partial charge in [0, 0.05) is 5.56 Å². The fraction of sp³-hybridized carbons (Fsp3) is 0.348. The Morgan fingerprint density at radius 1 is 0.941 bits per heavy atom. The smallest absolute Gasteiger partial charge is 0.276 e. The van der Waals surface area contributed by atoms with Crippen molar-refractivity contribution < 1.29 is 28.5 Å². The summed E-state index contributed by atoms with van der Waals surface area (Å²) in [6.45, 7) is 6.07. The molecule has 0 aliphatic heterocycles. The molecule has 0 radical (unpaired) electrons. The van der Waals surface area contributed by atoms with Gasteiger partial charge in [0.25, 0.3) is 11.8 Å². The largest absolute Gasteiger partial charge is 0.493 e. The van der Waals surface area contributed by atoms with Gasteiger partial charge in [-0.25, -0.2) is 0 Å². The Kier molecular flexibility index (Phi) is 9.51. The minimum Gasteiger partial charge on any atom is -0.493 e. The van der Waals surface area contributed by atoms with Crippen LogP contribution in [0.4, 0.5) is 0 Å². The normalized spacial score (nSPS) is 10.7. The van der Waals surface area contributed by atoms with E-state index in [0.717, 1.165) is 10.0 Å². The summed E-state index contributed by atoms with van der Waals surface area (Å²) < 4.78 is 22.0. The lowest BCUT2D eigenvalue weighted by Crippen LogP contribution is -2.49. The highest BCUT2D eigenvalue weighted by atomic mass is 79.9. The van der Waals surface area contributed by atoms with E-state index in [1.54, 1.807) is 6.07 Å². The molecule has 184 valence electrons. The number of halogens is 1. The molecule has 0 spiro atoms. The number of carbonyl (C=O) groups is 2. The van der Waals surface area contributed by atoms with Gasteiger partial charge in [0.2, 0.25) is 5.75 Å². The molecule has 0 fully saturated rings. The molecule has 2 amide bonds. The highest BCUT2D eigenvalue weighted by Gasteiger charge is 2.18. The highest BCUT2D eigenvalue weighted by Crippen LogP contribution is 2.38. The summed E-state index contributed by atoms with van der Waals surface area (Å²) in [5, 5.41) is 2.35. The highest BCUT2D eigenvalue weighted by molar-refractivity contribution is 9.10. The van der Waals surface area contributed by atoms with Crippen molar-refractivity contribution in [2.75, 3.05) is 27.9 Å². The van der Waals surface area contributed by atoms with Crippen molar-refractivity contribution in [3.8, 4) is 23.0 Å². The lowest BCUT2D eigenvalue weighted by Gasteiger charge is -2.20. The van der Waals surface area contributed by atoms with Gasteiger partial charge in [0.1, 0.15) is 5.75 Å². The number of hydrogen-bond donors (Lipinski definition) is 3. The number of rotatable bonds is 7. The van der Waals surface area contributed by atoms with E-state index < -0.39 is 11.8 Å². The van der Waals surface area contributed by atoms with Crippen LogP contribution in [0.25, 0.3) is 0 Å². The Morgan fingerprint density at radius 3 is 2.06 bits per heavy atom. The third-order valence-corrected chi connectivity index (χ3v) is 5.45. The number of carbonyl (C=O) groups excluding carboxylic acids is 2. The van der Waals surface area contributed by atoms with Crippen LogP contribution in [0, 0.1) is 0 Å². The first-order valence-electron chi connectivity index (χ1n) is 10.1. The molecule has 0 aliphatic carbocycles. The molecule has 11 heteroatoms. The second-order valence-electron chi connectivity index (χ2n) is 8.05. The third-order valence-electron chi connectivity index (χ3n) is 4.63. The second kappa shape index (κ2) is 11.9. The number of hydrazine groups is 1. The van der Waals surface area contributed by atoms with Crippen LogP contribution in [0.3, 0.4) is 0 Å². The van der Waals surface area contributed by atoms with E-state index in [9.17, 15) is 9.59 Å². The van der Waals surface area contributed by atoms with Gasteiger partial charge in [0.05, 0.1) is 25.8 Å². The van der Waals surface area contributed by atoms with Crippen LogP contribution in [0.15, 0.2) is 34.8 Å². The third kappa shape index (κ3) is 7.22. The Balaban J connectivity index is 1.89. The topological polar surface area (TPSA) is 107 Å². The first kappa shape index (κ1) is 27.2. The fourth-order valence-corrected chi connectivity index (χ4v) is 3.45. The lowest BCUT2D eigenvalue weighted by atomic mass is 9.87. The second-order valence-corrected chi connectivity index (χ2v) is 9.32. The molecule has 0 saturated carbocycles. The monoisotopic (exact) mass is 553 g/mol. The van der Waals surface area contributed by atoms with Crippen molar-refractivity contribution >= 4 is 45.1 Å². The number of benzene rings is 2. The molecular weight excluding hydrogens is 526 g/mol. The molecule has 0 heterocycles. The predicted molar refractivity (Wildman–Crippen MR) is 136 cm³/mol. The van der Waals surface area contributed by atoms with Gasteiger partial charge in [-0.05, 0) is 63.4 Å². The average molecular weight is 554 g/mol. The van der Waals surface area contributed by atoms with E-state index in [-0.39, 0.29) is 22.7 Å². The molecule has 0 aliphatic rings. The van der Waals surface area contributed by atoms with E-state index >= 15 is 0 Å². The van der Waals surface area contributed by atoms with Crippen molar-refractivity contribution in [2.24, 2.45) is 0 Å². The van der Waals surface area contributed by atoms with Crippen molar-refractivity contribution in [2.45, 2.75) is 26.2 Å². The molecule has 34 heavy (non-hydrogen) atoms. The van der Waals surface area contributed by atoms with Gasteiger partial charge >= 0.3 is 0 Å². The summed E-state index contributed by atoms with van der Waals surface area (Å²) in [6, 6.07) is 8.67. The summed E-state index contributed by atoms with van der Waals surface area (Å²) in [4.78, 5) is 24.7. The summed E-state index contributed by atoms with van der Waals surface area (Å²) >= 11 is 8.54. The molecule has 9 nitrogen and oxygen atoms in total. The zero-order valence-corrected chi connectivity index (χ0v) is 22.2. The average Bonchev–Trinajstić information content (AvgIpc) is 2.80. The Labute approximate surface area is 212 Å². The van der Waals surface area contributed by atoms with Gasteiger partial charge < -0.3 is 18.9 Å². The van der Waals surface area contributed by atoms with Crippen LogP contribution in [0.2, 0.25) is 0 Å². The zero-order valence-electron chi connectivity index (χ0n) is 19.8. The maximum atomic E-state index is 12.5. The van der Waals surface area contributed by atoms with Crippen molar-refractivity contribution in [3.63, 3.8) is 0 Å². The Morgan fingerprint density at radius 2 is 1.56 bits per heavy atom. The zero-order chi connectivity index (χ0) is 25.5. The summed E-state index contributed by atoms with van der Waals surface area (Å²) in [5.41, 5.74) is 6.18. The molecule has 0 bridgehead atoms. The van der Waals surface area contributed by atoms with E-state index in [1.807, 2.05) is 12.1 Å². The van der Waals surface area contributed by atoms with Gasteiger partial charge in [-0.1, -0.05) is 26.8 Å². The number of amides is 2. The number of ether oxygens (including phenoxy) is 4. The molecule has 0 saturated heterocycles. The maximum absolute atomic E-state index is 12.5. The molecule has 2 aromatic carbocycles. The van der Waals surface area contributed by atoms with Crippen LogP contribution in [0.5, 0.6) is 23.0 Å². The van der Waals surface area contributed by atoms with Crippen LogP contribution in [0.1, 0.15) is 36.7 Å². The maximum Gasteiger partial charge on any atom is 0.276 e. The minimum atomic E-state index is -0.537. The standard InChI is InChI=1S/C23H28BrN3O6S/c1-23(2,3)14-7-8-16(15(24)11-14)33-12-19(28)26-27-22(34)25-21(29)13-9-17(30-4)20(32-6)18(10-13)31-5/h7-11H,12H2,1-6H3,(H,26,28)(H2,25,27,29,34). The van der Waals surface area contributed by atoms with Crippen LogP contribution >= 0.6 is 28.1 Å². The molecular formula is C23H28BrN3O6S. The van der Waals surface area contributed by atoms with Crippen molar-refractivity contribution in [1.82, 2.24) is 16.2 Å². The van der Waals surface area contributed by atoms with Gasteiger partial charge in [-0.15, -0.1) is 0 Å². The summed E-state index contributed by atoms with van der Waals surface area (Å²) in [7, 11) is 4.35. The fourth-order valence-electron chi connectivity index (χ4n) is 2.81. The first-order chi connectivity index (χ1) is 16.0. The number of nitrogens with one attached hydrogen (secondary N) is 3. The van der Waals surface area contributed by atoms with Crippen molar-refractivity contribution in [3.05, 3.63) is 45.9 Å². The number of hydrogen-bond acceptors (Lipinski definition) is 7. The first-order valence-corrected chi connectivity index (χ1v) is 11.3. The van der Waals surface area contributed by atoms with Crippen LogP contribution in [-0.4, -0.2) is 44.9 Å². The van der Waals surface area contributed by atoms with E-state index in [0.29, 0.717) is 23.0 Å². The minimum absolute atomic E-state index is 0.00937. The van der Waals surface area contributed by atoms with Gasteiger partial charge in [0.15, 0.2) is 23.2 Å². The summed E-state index contributed by atoms with van der Waals surface area (Å²) in [6.07, 6.45) is 0. The predicted octanol–water partition coefficient (Wildman–Crippen LogP) is 3.49. The molecule has 2 aromatic rings. The molecule has 0 atom stereocenters. The summed E-state index contributed by atoms with van der Waals surface area (Å²) in [5.74, 6) is 0.493.